The maximum absolute atomic E-state index is 9.55. The molecule has 2 heterocycles. The summed E-state index contributed by atoms with van der Waals surface area (Å²) >= 11 is 0. The highest BCUT2D eigenvalue weighted by atomic mass is 16.5. The number of carboxylic acids is 2. The average Bonchev–Trinajstić information content (AvgIpc) is 2.88. The summed E-state index contributed by atoms with van der Waals surface area (Å²) in [5, 5.41) is 16.9. The number of carbonyl (C=O) groups is 2. The van der Waals surface area contributed by atoms with Gasteiger partial charge in [-0.15, -0.1) is 0 Å². The number of ether oxygens (including phenoxy) is 1. The third-order valence-corrected chi connectivity index (χ3v) is 4.91. The van der Waals surface area contributed by atoms with Crippen molar-refractivity contribution in [3.05, 3.63) is 41.6 Å². The summed E-state index contributed by atoms with van der Waals surface area (Å²) in [6.07, 6.45) is 5.96. The molecule has 148 valence electrons. The molecule has 2 N–H and O–H groups in total. The lowest BCUT2D eigenvalue weighted by atomic mass is 9.92. The van der Waals surface area contributed by atoms with Gasteiger partial charge in [0.2, 0.25) is 0 Å². The fourth-order valence-electron chi connectivity index (χ4n) is 3.72. The minimum Gasteiger partial charge on any atom is -0.491 e. The SMILES string of the molecule is CCN1CCOc2cccc3nc4c(c1c23)CCCC4.O=C(O)C=CC(=O)O. The van der Waals surface area contributed by atoms with Crippen LogP contribution in [0.3, 0.4) is 0 Å². The van der Waals surface area contributed by atoms with Crippen molar-refractivity contribution in [1.82, 2.24) is 4.98 Å². The molecule has 7 nitrogen and oxygen atoms in total. The Hall–Kier alpha value is -3.09. The highest BCUT2D eigenvalue weighted by molar-refractivity contribution is 5.99. The number of pyridine rings is 1. The highest BCUT2D eigenvalue weighted by Gasteiger charge is 2.25. The first-order valence-electron chi connectivity index (χ1n) is 9.47. The quantitative estimate of drug-likeness (QED) is 0.785. The predicted octanol–water partition coefficient (Wildman–Crippen LogP) is 3.04. The Morgan fingerprint density at radius 1 is 1.18 bits per heavy atom. The predicted molar refractivity (Wildman–Crippen MR) is 106 cm³/mol. The summed E-state index contributed by atoms with van der Waals surface area (Å²) in [7, 11) is 0. The monoisotopic (exact) mass is 384 g/mol. The Labute approximate surface area is 163 Å². The van der Waals surface area contributed by atoms with Crippen molar-refractivity contribution in [2.75, 3.05) is 24.6 Å². The minimum atomic E-state index is -1.26. The van der Waals surface area contributed by atoms with E-state index in [2.05, 4.69) is 30.0 Å². The van der Waals surface area contributed by atoms with Crippen molar-refractivity contribution in [2.45, 2.75) is 32.6 Å². The van der Waals surface area contributed by atoms with Gasteiger partial charge < -0.3 is 19.8 Å². The lowest BCUT2D eigenvalue weighted by Gasteiger charge is -2.28. The maximum Gasteiger partial charge on any atom is 0.328 e. The van der Waals surface area contributed by atoms with Crippen LogP contribution in [-0.2, 0) is 22.4 Å². The van der Waals surface area contributed by atoms with Gasteiger partial charge in [0.1, 0.15) is 12.4 Å². The standard InChI is InChI=1S/C17H20N2O.C4H4O4/c1-2-19-10-11-20-15-9-5-8-14-16(15)17(19)12-6-3-4-7-13(12)18-14;5-3(6)1-2-4(7)8/h5,8-9H,2-4,6-7,10-11H2,1H3;1-2H,(H,5,6)(H,7,8). The van der Waals surface area contributed by atoms with Crippen LogP contribution in [0.5, 0.6) is 5.75 Å². The van der Waals surface area contributed by atoms with Gasteiger partial charge in [0.15, 0.2) is 0 Å². The zero-order chi connectivity index (χ0) is 20.1. The van der Waals surface area contributed by atoms with Crippen LogP contribution in [0.25, 0.3) is 10.9 Å². The molecule has 2 aromatic rings. The van der Waals surface area contributed by atoms with Crippen LogP contribution < -0.4 is 9.64 Å². The zero-order valence-electron chi connectivity index (χ0n) is 15.9. The Morgan fingerprint density at radius 2 is 1.89 bits per heavy atom. The molecule has 1 aliphatic heterocycles. The third-order valence-electron chi connectivity index (χ3n) is 4.91. The van der Waals surface area contributed by atoms with E-state index in [0.29, 0.717) is 12.2 Å². The fourth-order valence-corrected chi connectivity index (χ4v) is 3.72. The molecule has 2 aliphatic rings. The van der Waals surface area contributed by atoms with Crippen LogP contribution in [0.15, 0.2) is 30.4 Å². The molecule has 1 aliphatic carbocycles. The molecule has 0 atom stereocenters. The van der Waals surface area contributed by atoms with Crippen molar-refractivity contribution < 1.29 is 24.5 Å². The maximum atomic E-state index is 9.55. The fraction of sp³-hybridized carbons (Fsp3) is 0.381. The first kappa shape index (κ1) is 19.7. The van der Waals surface area contributed by atoms with Gasteiger partial charge >= 0.3 is 11.9 Å². The number of aryl methyl sites for hydroxylation is 1. The van der Waals surface area contributed by atoms with E-state index in [1.54, 1.807) is 0 Å². The van der Waals surface area contributed by atoms with E-state index in [4.69, 9.17) is 19.9 Å². The first-order valence-corrected chi connectivity index (χ1v) is 9.47. The number of carboxylic acid groups (broad SMARTS) is 2. The first-order chi connectivity index (χ1) is 13.5. The second-order valence-electron chi connectivity index (χ2n) is 6.68. The molecule has 1 aromatic heterocycles. The normalized spacial score (nSPS) is 15.2. The molecule has 7 heteroatoms. The topological polar surface area (TPSA) is 100.0 Å². The number of anilines is 1. The molecule has 28 heavy (non-hydrogen) atoms. The Morgan fingerprint density at radius 3 is 2.57 bits per heavy atom. The highest BCUT2D eigenvalue weighted by Crippen LogP contribution is 2.41. The molecule has 1 aromatic carbocycles. The van der Waals surface area contributed by atoms with Crippen molar-refractivity contribution in [2.24, 2.45) is 0 Å². The van der Waals surface area contributed by atoms with Gasteiger partial charge in [-0.3, -0.25) is 4.98 Å². The van der Waals surface area contributed by atoms with Gasteiger partial charge in [0.25, 0.3) is 0 Å². The summed E-state index contributed by atoms with van der Waals surface area (Å²) in [6, 6.07) is 6.27. The molecular formula is C21H24N2O5. The number of hydrogen-bond acceptors (Lipinski definition) is 5. The van der Waals surface area contributed by atoms with Gasteiger partial charge in [0.05, 0.1) is 23.1 Å². The minimum absolute atomic E-state index is 0.558. The van der Waals surface area contributed by atoms with E-state index in [9.17, 15) is 9.59 Å². The molecule has 0 amide bonds. The summed E-state index contributed by atoms with van der Waals surface area (Å²) < 4.78 is 5.96. The van der Waals surface area contributed by atoms with Crippen molar-refractivity contribution in [3.8, 4) is 5.75 Å². The van der Waals surface area contributed by atoms with Crippen molar-refractivity contribution in [1.29, 1.82) is 0 Å². The Kier molecular flexibility index (Phi) is 6.13. The van der Waals surface area contributed by atoms with Gasteiger partial charge in [-0.25, -0.2) is 9.59 Å². The van der Waals surface area contributed by atoms with Crippen LogP contribution in [0.2, 0.25) is 0 Å². The molecule has 0 spiro atoms. The van der Waals surface area contributed by atoms with E-state index >= 15 is 0 Å². The summed E-state index contributed by atoms with van der Waals surface area (Å²) in [4.78, 5) is 26.5. The lowest BCUT2D eigenvalue weighted by molar-refractivity contribution is -0.134. The number of rotatable bonds is 3. The second-order valence-corrected chi connectivity index (χ2v) is 6.68. The van der Waals surface area contributed by atoms with Crippen LogP contribution in [0.4, 0.5) is 5.69 Å². The second kappa shape index (κ2) is 8.73. The summed E-state index contributed by atoms with van der Waals surface area (Å²) in [6.45, 7) is 4.99. The Bertz CT molecular complexity index is 907. The van der Waals surface area contributed by atoms with Crippen LogP contribution in [-0.4, -0.2) is 46.8 Å². The Balaban J connectivity index is 0.000000242. The van der Waals surface area contributed by atoms with Crippen LogP contribution in [0.1, 0.15) is 31.0 Å². The smallest absolute Gasteiger partial charge is 0.328 e. The molecule has 0 saturated carbocycles. The largest absolute Gasteiger partial charge is 0.491 e. The summed E-state index contributed by atoms with van der Waals surface area (Å²) in [5.41, 5.74) is 5.29. The van der Waals surface area contributed by atoms with Gasteiger partial charge in [-0.05, 0) is 50.3 Å². The van der Waals surface area contributed by atoms with Crippen molar-refractivity contribution in [3.63, 3.8) is 0 Å². The number of benzene rings is 1. The van der Waals surface area contributed by atoms with Crippen LogP contribution >= 0.6 is 0 Å². The lowest BCUT2D eigenvalue weighted by Crippen LogP contribution is -2.28. The zero-order valence-corrected chi connectivity index (χ0v) is 15.9. The summed E-state index contributed by atoms with van der Waals surface area (Å²) in [5.74, 6) is -1.51. The van der Waals surface area contributed by atoms with E-state index in [0.717, 1.165) is 37.4 Å². The van der Waals surface area contributed by atoms with Gasteiger partial charge in [-0.1, -0.05) is 6.07 Å². The number of aromatic nitrogens is 1. The molecular weight excluding hydrogens is 360 g/mol. The van der Waals surface area contributed by atoms with E-state index in [-0.39, 0.29) is 0 Å². The van der Waals surface area contributed by atoms with Crippen LogP contribution in [0, 0.1) is 0 Å². The molecule has 0 fully saturated rings. The van der Waals surface area contributed by atoms with E-state index < -0.39 is 11.9 Å². The van der Waals surface area contributed by atoms with Gasteiger partial charge in [0, 0.05) is 24.4 Å². The van der Waals surface area contributed by atoms with Gasteiger partial charge in [-0.2, -0.15) is 0 Å². The van der Waals surface area contributed by atoms with E-state index in [1.165, 1.54) is 41.6 Å². The van der Waals surface area contributed by atoms with Crippen molar-refractivity contribution >= 4 is 28.5 Å². The average molecular weight is 384 g/mol. The number of fused-ring (bicyclic) bond motifs is 2. The molecule has 0 radical (unpaired) electrons. The molecule has 4 rings (SSSR count). The number of likely N-dealkylation sites (N-methyl/N-ethyl adjacent to an activating group) is 1. The molecule has 0 saturated heterocycles. The molecule has 0 bridgehead atoms. The third kappa shape index (κ3) is 4.24. The molecule has 0 unspecified atom stereocenters. The number of hydrogen-bond donors (Lipinski definition) is 2. The van der Waals surface area contributed by atoms with E-state index in [1.807, 2.05) is 0 Å². The number of nitrogens with zero attached hydrogens (tertiary/aromatic N) is 2. The number of aliphatic carboxylic acids is 2.